The monoisotopic (exact) mass is 379 g/mol. The second-order valence-electron chi connectivity index (χ2n) is 6.11. The Balaban J connectivity index is 1.52. The molecule has 27 heavy (non-hydrogen) atoms. The molecule has 2 heterocycles. The summed E-state index contributed by atoms with van der Waals surface area (Å²) >= 11 is 5.76. The molecule has 134 valence electrons. The number of hydrogen-bond acceptors (Lipinski definition) is 2. The van der Waals surface area contributed by atoms with E-state index in [1.165, 1.54) is 12.1 Å². The smallest absolute Gasteiger partial charge is 0.271 e. The van der Waals surface area contributed by atoms with E-state index in [-0.39, 0.29) is 17.5 Å². The number of halogens is 2. The number of nitrogens with zero attached hydrogens (tertiary/aromatic N) is 2. The molecule has 0 saturated heterocycles. The summed E-state index contributed by atoms with van der Waals surface area (Å²) in [7, 11) is 0. The van der Waals surface area contributed by atoms with Crippen LogP contribution in [0.3, 0.4) is 0 Å². The fraction of sp³-hybridized carbons (Fsp3) is 0.0476. The molecule has 4 nitrogen and oxygen atoms in total. The number of carbonyl (C=O) groups is 1. The van der Waals surface area contributed by atoms with Crippen molar-refractivity contribution in [3.63, 3.8) is 0 Å². The molecule has 0 bridgehead atoms. The first-order valence-electron chi connectivity index (χ1n) is 8.36. The summed E-state index contributed by atoms with van der Waals surface area (Å²) in [6, 6.07) is 18.2. The van der Waals surface area contributed by atoms with Crippen LogP contribution in [0.5, 0.6) is 0 Å². The molecule has 0 aliphatic heterocycles. The van der Waals surface area contributed by atoms with E-state index in [9.17, 15) is 9.18 Å². The van der Waals surface area contributed by atoms with Crippen LogP contribution < -0.4 is 5.32 Å². The lowest BCUT2D eigenvalue weighted by atomic mass is 10.1. The van der Waals surface area contributed by atoms with Crippen LogP contribution in [0.1, 0.15) is 16.1 Å². The van der Waals surface area contributed by atoms with Crippen LogP contribution in [-0.2, 0) is 6.54 Å². The van der Waals surface area contributed by atoms with Crippen molar-refractivity contribution < 1.29 is 9.18 Å². The van der Waals surface area contributed by atoms with E-state index in [2.05, 4.69) is 10.3 Å². The zero-order valence-corrected chi connectivity index (χ0v) is 14.9. The SMILES string of the molecule is O=C(NCc1ccc(F)c(Cl)c1)c1cn2cc(-c3ccccc3)ccc2n1. The molecule has 2 aromatic heterocycles. The van der Waals surface area contributed by atoms with Gasteiger partial charge in [-0.05, 0) is 41.0 Å². The second kappa shape index (κ2) is 7.21. The molecule has 0 atom stereocenters. The topological polar surface area (TPSA) is 46.4 Å². The Labute approximate surface area is 160 Å². The molecular formula is C21H15ClFN3O. The maximum atomic E-state index is 13.2. The van der Waals surface area contributed by atoms with Gasteiger partial charge >= 0.3 is 0 Å². The van der Waals surface area contributed by atoms with Crippen LogP contribution in [0.15, 0.2) is 73.1 Å². The number of carbonyl (C=O) groups excluding carboxylic acids is 1. The number of amides is 1. The highest BCUT2D eigenvalue weighted by Crippen LogP contribution is 2.20. The predicted octanol–water partition coefficient (Wildman–Crippen LogP) is 4.72. The van der Waals surface area contributed by atoms with Gasteiger partial charge in [0, 0.05) is 18.9 Å². The highest BCUT2D eigenvalue weighted by Gasteiger charge is 2.11. The summed E-state index contributed by atoms with van der Waals surface area (Å²) in [6.07, 6.45) is 3.63. The predicted molar refractivity (Wildman–Crippen MR) is 103 cm³/mol. The van der Waals surface area contributed by atoms with Crippen LogP contribution >= 0.6 is 11.6 Å². The van der Waals surface area contributed by atoms with E-state index in [0.29, 0.717) is 16.9 Å². The lowest BCUT2D eigenvalue weighted by Crippen LogP contribution is -2.23. The fourth-order valence-electron chi connectivity index (χ4n) is 2.83. The van der Waals surface area contributed by atoms with Crippen LogP contribution in [0, 0.1) is 5.82 Å². The number of nitrogens with one attached hydrogen (secondary N) is 1. The van der Waals surface area contributed by atoms with Crippen molar-refractivity contribution in [3.05, 3.63) is 95.2 Å². The van der Waals surface area contributed by atoms with E-state index in [0.717, 1.165) is 11.1 Å². The molecule has 0 radical (unpaired) electrons. The molecule has 6 heteroatoms. The first-order chi connectivity index (χ1) is 13.1. The average molecular weight is 380 g/mol. The number of benzene rings is 2. The molecule has 4 aromatic rings. The Morgan fingerprint density at radius 1 is 1.04 bits per heavy atom. The van der Waals surface area contributed by atoms with Gasteiger partial charge in [0.25, 0.3) is 5.91 Å². The third-order valence-electron chi connectivity index (χ3n) is 4.23. The van der Waals surface area contributed by atoms with Gasteiger partial charge in [-0.3, -0.25) is 4.79 Å². The third-order valence-corrected chi connectivity index (χ3v) is 4.52. The van der Waals surface area contributed by atoms with Gasteiger partial charge in [0.15, 0.2) is 0 Å². The van der Waals surface area contributed by atoms with Crippen LogP contribution in [-0.4, -0.2) is 15.3 Å². The van der Waals surface area contributed by atoms with Crippen LogP contribution in [0.4, 0.5) is 4.39 Å². The standard InChI is InChI=1S/C21H15ClFN3O/c22-17-10-14(6-8-18(17)23)11-24-21(27)19-13-26-12-16(7-9-20(26)25-19)15-4-2-1-3-5-15/h1-10,12-13H,11H2,(H,24,27). The van der Waals surface area contributed by atoms with E-state index < -0.39 is 5.82 Å². The summed E-state index contributed by atoms with van der Waals surface area (Å²) < 4.78 is 15.0. The average Bonchev–Trinajstić information content (AvgIpc) is 3.13. The van der Waals surface area contributed by atoms with E-state index in [1.54, 1.807) is 12.3 Å². The summed E-state index contributed by atoms with van der Waals surface area (Å²) in [4.78, 5) is 16.8. The van der Waals surface area contributed by atoms with Crippen molar-refractivity contribution in [1.29, 1.82) is 0 Å². The van der Waals surface area contributed by atoms with E-state index >= 15 is 0 Å². The first kappa shape index (κ1) is 17.2. The van der Waals surface area contributed by atoms with Crippen molar-refractivity contribution in [1.82, 2.24) is 14.7 Å². The molecule has 0 saturated carbocycles. The minimum atomic E-state index is -0.485. The Hall–Kier alpha value is -3.18. The molecule has 2 aromatic carbocycles. The van der Waals surface area contributed by atoms with Gasteiger partial charge in [-0.1, -0.05) is 48.0 Å². The van der Waals surface area contributed by atoms with Crippen molar-refractivity contribution in [2.24, 2.45) is 0 Å². The molecule has 4 rings (SSSR count). The maximum Gasteiger partial charge on any atom is 0.271 e. The molecule has 0 aliphatic rings. The fourth-order valence-corrected chi connectivity index (χ4v) is 3.03. The molecule has 0 aliphatic carbocycles. The Bertz CT molecular complexity index is 1120. The minimum absolute atomic E-state index is 0.0305. The Morgan fingerprint density at radius 2 is 1.85 bits per heavy atom. The van der Waals surface area contributed by atoms with Crippen molar-refractivity contribution >= 4 is 23.2 Å². The molecule has 0 spiro atoms. The minimum Gasteiger partial charge on any atom is -0.347 e. The molecule has 0 unspecified atom stereocenters. The molecular weight excluding hydrogens is 365 g/mol. The summed E-state index contributed by atoms with van der Waals surface area (Å²) in [5.41, 5.74) is 3.84. The lowest BCUT2D eigenvalue weighted by Gasteiger charge is -2.04. The number of aromatic nitrogens is 2. The van der Waals surface area contributed by atoms with Gasteiger partial charge in [0.2, 0.25) is 0 Å². The number of rotatable bonds is 4. The number of hydrogen-bond donors (Lipinski definition) is 1. The molecule has 1 amide bonds. The van der Waals surface area contributed by atoms with Gasteiger partial charge < -0.3 is 9.72 Å². The van der Waals surface area contributed by atoms with Gasteiger partial charge in [-0.25, -0.2) is 9.37 Å². The van der Waals surface area contributed by atoms with Gasteiger partial charge in [0.05, 0.1) is 5.02 Å². The van der Waals surface area contributed by atoms with Crippen molar-refractivity contribution in [3.8, 4) is 11.1 Å². The van der Waals surface area contributed by atoms with Crippen LogP contribution in [0.25, 0.3) is 16.8 Å². The Morgan fingerprint density at radius 3 is 2.63 bits per heavy atom. The molecule has 1 N–H and O–H groups in total. The maximum absolute atomic E-state index is 13.2. The van der Waals surface area contributed by atoms with Crippen molar-refractivity contribution in [2.45, 2.75) is 6.54 Å². The summed E-state index contributed by atoms with van der Waals surface area (Å²) in [6.45, 7) is 0.238. The molecule has 0 fully saturated rings. The zero-order chi connectivity index (χ0) is 18.8. The second-order valence-corrected chi connectivity index (χ2v) is 6.51. The number of imidazole rings is 1. The highest BCUT2D eigenvalue weighted by atomic mass is 35.5. The van der Waals surface area contributed by atoms with Gasteiger partial charge in [-0.2, -0.15) is 0 Å². The first-order valence-corrected chi connectivity index (χ1v) is 8.74. The van der Waals surface area contributed by atoms with Crippen molar-refractivity contribution in [2.75, 3.05) is 0 Å². The summed E-state index contributed by atoms with van der Waals surface area (Å²) in [5, 5.41) is 2.80. The largest absolute Gasteiger partial charge is 0.347 e. The van der Waals surface area contributed by atoms with Gasteiger partial charge in [0.1, 0.15) is 17.2 Å². The normalized spacial score (nSPS) is 10.9. The highest BCUT2D eigenvalue weighted by molar-refractivity contribution is 6.30. The van der Waals surface area contributed by atoms with Crippen LogP contribution in [0.2, 0.25) is 5.02 Å². The lowest BCUT2D eigenvalue weighted by molar-refractivity contribution is 0.0946. The van der Waals surface area contributed by atoms with Gasteiger partial charge in [-0.15, -0.1) is 0 Å². The Kier molecular flexibility index (Phi) is 4.60. The zero-order valence-electron chi connectivity index (χ0n) is 14.2. The third kappa shape index (κ3) is 3.68. The number of pyridine rings is 1. The summed E-state index contributed by atoms with van der Waals surface area (Å²) in [5.74, 6) is -0.790. The van der Waals surface area contributed by atoms with E-state index in [4.69, 9.17) is 11.6 Å². The number of fused-ring (bicyclic) bond motifs is 1. The van der Waals surface area contributed by atoms with E-state index in [1.807, 2.05) is 53.1 Å². The quantitative estimate of drug-likeness (QED) is 0.557.